The molecule has 52 heavy (non-hydrogen) atoms. The largest absolute Gasteiger partial charge is 0.339 e. The van der Waals surface area contributed by atoms with Crippen molar-refractivity contribution in [3.05, 3.63) is 131 Å². The second-order valence-corrected chi connectivity index (χ2v) is 15.4. The third-order valence-corrected chi connectivity index (χ3v) is 13.8. The molecule has 0 saturated carbocycles. The number of hydrogen-bond acceptors (Lipinski definition) is 10. The van der Waals surface area contributed by atoms with E-state index in [1.165, 1.54) is 16.7 Å². The van der Waals surface area contributed by atoms with Crippen LogP contribution in [-0.4, -0.2) is 70.8 Å². The van der Waals surface area contributed by atoms with E-state index in [2.05, 4.69) is 150 Å². The normalized spacial score (nSPS) is 34.4. The summed E-state index contributed by atoms with van der Waals surface area (Å²) < 4.78 is 0. The lowest BCUT2D eigenvalue weighted by Crippen LogP contribution is -2.86. The summed E-state index contributed by atoms with van der Waals surface area (Å²) in [7, 11) is 0. The molecule has 3 saturated heterocycles. The Labute approximate surface area is 302 Å². The lowest BCUT2D eigenvalue weighted by Gasteiger charge is -2.77. The number of allylic oxidation sites excluding steroid dienone is 4. The number of hydrogen-bond donors (Lipinski definition) is 0. The molecule has 3 aromatic carbocycles. The van der Waals surface area contributed by atoms with Crippen molar-refractivity contribution in [3.8, 4) is 18.2 Å². The molecule has 9 aliphatic rings. The third-order valence-electron chi connectivity index (χ3n) is 13.8. The highest BCUT2D eigenvalue weighted by molar-refractivity contribution is 5.88. The monoisotopic (exact) mass is 678 g/mol. The minimum absolute atomic E-state index is 0.0955. The fraction of sp³-hybridized carbons (Fsp3) is 0.310. The van der Waals surface area contributed by atoms with Gasteiger partial charge in [0.25, 0.3) is 0 Å². The van der Waals surface area contributed by atoms with Gasteiger partial charge >= 0.3 is 0 Å². The molecule has 12 rings (SSSR count). The number of rotatable bonds is 0. The highest BCUT2D eigenvalue weighted by Gasteiger charge is 2.82. The molecule has 0 aliphatic carbocycles. The molecule has 7 atom stereocenters. The van der Waals surface area contributed by atoms with Crippen LogP contribution in [0.2, 0.25) is 0 Å². The topological polar surface area (TPSA) is 94.0 Å². The van der Waals surface area contributed by atoms with E-state index in [-0.39, 0.29) is 24.4 Å². The van der Waals surface area contributed by atoms with E-state index < -0.39 is 11.0 Å². The summed E-state index contributed by atoms with van der Waals surface area (Å²) in [5, 5.41) is 32.9. The average Bonchev–Trinajstić information content (AvgIpc) is 3.83. The smallest absolute Gasteiger partial charge is 0.135 e. The summed E-state index contributed by atoms with van der Waals surface area (Å²) >= 11 is 0. The number of nitriles is 3. The minimum atomic E-state index is -0.728. The Balaban J connectivity index is 1.32. The molecule has 252 valence electrons. The lowest BCUT2D eigenvalue weighted by molar-refractivity contribution is -0.214. The van der Waals surface area contributed by atoms with Gasteiger partial charge in [0.2, 0.25) is 0 Å². The Morgan fingerprint density at radius 1 is 0.615 bits per heavy atom. The highest BCUT2D eigenvalue weighted by atomic mass is 15.6. The number of nitrogens with zero attached hydrogens (tertiary/aromatic N) is 10. The van der Waals surface area contributed by atoms with Gasteiger partial charge in [0.1, 0.15) is 53.8 Å². The van der Waals surface area contributed by atoms with Gasteiger partial charge in [0.05, 0.1) is 22.6 Å². The van der Waals surface area contributed by atoms with Gasteiger partial charge in [-0.15, -0.1) is 0 Å². The Bertz CT molecular complexity index is 2410. The van der Waals surface area contributed by atoms with Crippen molar-refractivity contribution in [2.24, 2.45) is 11.3 Å². The van der Waals surface area contributed by atoms with Crippen molar-refractivity contribution in [2.75, 3.05) is 47.4 Å². The first-order valence-corrected chi connectivity index (χ1v) is 18.4. The molecular formula is C42H34N10. The van der Waals surface area contributed by atoms with Crippen LogP contribution in [0.3, 0.4) is 0 Å². The minimum Gasteiger partial charge on any atom is -0.339 e. The van der Waals surface area contributed by atoms with Crippen LogP contribution in [0.25, 0.3) is 5.57 Å². The fourth-order valence-electron chi connectivity index (χ4n) is 12.2. The van der Waals surface area contributed by atoms with Crippen LogP contribution in [0.1, 0.15) is 23.1 Å². The molecule has 3 aromatic rings. The molecule has 3 fully saturated rings. The van der Waals surface area contributed by atoms with Crippen molar-refractivity contribution in [2.45, 2.75) is 36.9 Å². The van der Waals surface area contributed by atoms with Crippen LogP contribution >= 0.6 is 0 Å². The molecular weight excluding hydrogens is 645 g/mol. The first kappa shape index (κ1) is 28.5. The molecule has 0 N–H and O–H groups in total. The van der Waals surface area contributed by atoms with Crippen LogP contribution < -0.4 is 14.7 Å². The maximum absolute atomic E-state index is 11.2. The first-order valence-electron chi connectivity index (χ1n) is 18.4. The van der Waals surface area contributed by atoms with E-state index in [0.29, 0.717) is 36.6 Å². The van der Waals surface area contributed by atoms with Crippen LogP contribution in [0.5, 0.6) is 0 Å². The number of benzene rings is 3. The van der Waals surface area contributed by atoms with Crippen molar-refractivity contribution < 1.29 is 0 Å². The summed E-state index contributed by atoms with van der Waals surface area (Å²) in [5.41, 5.74) is 8.78. The average molecular weight is 679 g/mol. The molecule has 7 unspecified atom stereocenters. The van der Waals surface area contributed by atoms with Gasteiger partial charge < -0.3 is 29.4 Å². The number of para-hydroxylation sites is 3. The molecule has 10 heteroatoms. The van der Waals surface area contributed by atoms with E-state index in [9.17, 15) is 15.8 Å². The molecule has 10 nitrogen and oxygen atoms in total. The van der Waals surface area contributed by atoms with E-state index >= 15 is 0 Å². The summed E-state index contributed by atoms with van der Waals surface area (Å²) in [6, 6.07) is 34.2. The van der Waals surface area contributed by atoms with E-state index in [1.54, 1.807) is 0 Å². The van der Waals surface area contributed by atoms with E-state index in [0.717, 1.165) is 48.7 Å². The van der Waals surface area contributed by atoms with Gasteiger partial charge in [-0.2, -0.15) is 15.8 Å². The predicted molar refractivity (Wildman–Crippen MR) is 195 cm³/mol. The molecule has 2 spiro atoms. The maximum atomic E-state index is 11.2. The molecule has 7 bridgehead atoms. The first-order chi connectivity index (χ1) is 25.6. The summed E-state index contributed by atoms with van der Waals surface area (Å²) in [4.78, 5) is 17.0. The van der Waals surface area contributed by atoms with Gasteiger partial charge in [-0.1, -0.05) is 60.7 Å². The van der Waals surface area contributed by atoms with Crippen LogP contribution in [-0.2, 0) is 12.0 Å². The van der Waals surface area contributed by atoms with Crippen LogP contribution in [0, 0.1) is 45.3 Å². The van der Waals surface area contributed by atoms with Gasteiger partial charge in [0.15, 0.2) is 0 Å². The van der Waals surface area contributed by atoms with Crippen molar-refractivity contribution in [1.29, 1.82) is 15.8 Å². The van der Waals surface area contributed by atoms with E-state index in [4.69, 9.17) is 0 Å². The molecule has 9 aliphatic heterocycles. The van der Waals surface area contributed by atoms with Gasteiger partial charge in [-0.25, -0.2) is 0 Å². The van der Waals surface area contributed by atoms with Crippen molar-refractivity contribution >= 4 is 22.6 Å². The second kappa shape index (κ2) is 9.59. The van der Waals surface area contributed by atoms with Crippen LogP contribution in [0.4, 0.5) is 17.1 Å². The molecule has 9 heterocycles. The predicted octanol–water partition coefficient (Wildman–Crippen LogP) is 5.02. The highest BCUT2D eigenvalue weighted by Crippen LogP contribution is 2.76. The summed E-state index contributed by atoms with van der Waals surface area (Å²) in [6.45, 7) is 3.89. The molecule has 0 radical (unpaired) electrons. The molecule has 0 aromatic heterocycles. The van der Waals surface area contributed by atoms with Crippen molar-refractivity contribution in [3.63, 3.8) is 0 Å². The maximum Gasteiger partial charge on any atom is 0.135 e. The van der Waals surface area contributed by atoms with Crippen LogP contribution in [0.15, 0.2) is 115 Å². The van der Waals surface area contributed by atoms with Gasteiger partial charge in [0, 0.05) is 67.3 Å². The lowest BCUT2D eigenvalue weighted by atomic mass is 9.44. The Morgan fingerprint density at radius 2 is 1.27 bits per heavy atom. The standard InChI is InChI=1S/C42H34N10/c43-21-28-24-50-35-11-5-2-8-31(35)32-14-13-27-7-1-4-10-34(27)49-26-30(23-45)52-39(49)37-38(50)47(28)19-17-46-16-15-41(32)40-48(20-18-46)29(22-44)25-51(40)36-12-6-3-9-33(36)42(37,41)52/h1-12,14,24-26,37-40H,13,15-20H2/b32-14-. The summed E-state index contributed by atoms with van der Waals surface area (Å²) in [5.74, 6) is -0.0955. The zero-order valence-corrected chi connectivity index (χ0v) is 28.5. The number of anilines is 3. The fourth-order valence-corrected chi connectivity index (χ4v) is 12.2. The van der Waals surface area contributed by atoms with Gasteiger partial charge in [-0.3, -0.25) is 4.90 Å². The zero-order valence-electron chi connectivity index (χ0n) is 28.5. The van der Waals surface area contributed by atoms with E-state index in [1.807, 2.05) is 0 Å². The van der Waals surface area contributed by atoms with Gasteiger partial charge in [-0.05, 0) is 48.7 Å². The number of fused-ring (bicyclic) bond motifs is 9. The zero-order chi connectivity index (χ0) is 34.5. The summed E-state index contributed by atoms with van der Waals surface area (Å²) in [6.07, 6.45) is 9.74. The Hall–Kier alpha value is -6.15. The Kier molecular flexibility index (Phi) is 5.26. The second-order valence-electron chi connectivity index (χ2n) is 15.4. The quantitative estimate of drug-likeness (QED) is 0.323. The third kappa shape index (κ3) is 2.96. The SMILES string of the molecule is N#CC1=CN2c3ccccc3/C3=C/Cc4ccccc4N4C=C(C#N)N5C4C4C2N1CCN1CCN2C(C#N)=CN6c7ccccc7C45C3(CC1)C26. The van der Waals surface area contributed by atoms with Crippen molar-refractivity contribution in [1.82, 2.24) is 19.6 Å². The Morgan fingerprint density at radius 3 is 2.10 bits per heavy atom. The molecule has 0 amide bonds.